The highest BCUT2D eigenvalue weighted by Gasteiger charge is 2.15. The van der Waals surface area contributed by atoms with Crippen LogP contribution in [0.5, 0.6) is 11.5 Å². The molecular formula is C15H21NO4. The van der Waals surface area contributed by atoms with Gasteiger partial charge in [-0.1, -0.05) is 24.3 Å². The maximum Gasteiger partial charge on any atom is 0.407 e. The van der Waals surface area contributed by atoms with Crippen molar-refractivity contribution in [2.24, 2.45) is 0 Å². The standard InChI is InChI=1S/C15H21NO4/c1-15(2,3)20-14(18)16-10-6-8-11-7-5-9-12(19-4)13(11)17/h5-9,17H,10H2,1-4H3,(H,16,18). The Hall–Kier alpha value is -2.17. The second-order valence-corrected chi connectivity index (χ2v) is 5.18. The second kappa shape index (κ2) is 6.84. The van der Waals surface area contributed by atoms with Crippen molar-refractivity contribution < 1.29 is 19.4 Å². The van der Waals surface area contributed by atoms with Gasteiger partial charge in [-0.25, -0.2) is 4.79 Å². The van der Waals surface area contributed by atoms with Crippen molar-refractivity contribution in [3.05, 3.63) is 29.8 Å². The van der Waals surface area contributed by atoms with Crippen molar-refractivity contribution in [2.45, 2.75) is 26.4 Å². The SMILES string of the molecule is COc1cccc(C=CCNC(=O)OC(C)(C)C)c1O. The predicted molar refractivity (Wildman–Crippen MR) is 77.9 cm³/mol. The minimum atomic E-state index is -0.515. The van der Waals surface area contributed by atoms with Gasteiger partial charge in [-0.2, -0.15) is 0 Å². The van der Waals surface area contributed by atoms with E-state index in [1.807, 2.05) is 0 Å². The van der Waals surface area contributed by atoms with E-state index in [1.165, 1.54) is 7.11 Å². The number of ether oxygens (including phenoxy) is 2. The van der Waals surface area contributed by atoms with Gasteiger partial charge in [0.2, 0.25) is 0 Å². The first-order valence-electron chi connectivity index (χ1n) is 6.33. The fraction of sp³-hybridized carbons (Fsp3) is 0.400. The molecule has 0 fully saturated rings. The number of hydrogen-bond acceptors (Lipinski definition) is 4. The number of nitrogens with one attached hydrogen (secondary N) is 1. The fourth-order valence-electron chi connectivity index (χ4n) is 1.48. The molecule has 2 N–H and O–H groups in total. The summed E-state index contributed by atoms with van der Waals surface area (Å²) in [6.45, 7) is 5.72. The summed E-state index contributed by atoms with van der Waals surface area (Å²) in [6.07, 6.45) is 2.95. The summed E-state index contributed by atoms with van der Waals surface area (Å²) >= 11 is 0. The molecule has 0 aliphatic rings. The monoisotopic (exact) mass is 279 g/mol. The summed E-state index contributed by atoms with van der Waals surface area (Å²) in [5.74, 6) is 0.482. The Morgan fingerprint density at radius 3 is 2.70 bits per heavy atom. The van der Waals surface area contributed by atoms with Crippen molar-refractivity contribution >= 4 is 12.2 Å². The third-order valence-electron chi connectivity index (χ3n) is 2.31. The molecule has 0 radical (unpaired) electrons. The van der Waals surface area contributed by atoms with Gasteiger partial charge in [0.25, 0.3) is 0 Å². The van der Waals surface area contributed by atoms with Crippen LogP contribution in [0.4, 0.5) is 4.79 Å². The van der Waals surface area contributed by atoms with Crippen molar-refractivity contribution in [1.82, 2.24) is 5.32 Å². The van der Waals surface area contributed by atoms with E-state index < -0.39 is 11.7 Å². The molecule has 0 atom stereocenters. The van der Waals surface area contributed by atoms with Crippen LogP contribution in [-0.2, 0) is 4.74 Å². The number of methoxy groups -OCH3 is 1. The topological polar surface area (TPSA) is 67.8 Å². The molecule has 0 aromatic heterocycles. The Morgan fingerprint density at radius 1 is 1.40 bits per heavy atom. The summed E-state index contributed by atoms with van der Waals surface area (Å²) in [5, 5.41) is 12.5. The van der Waals surface area contributed by atoms with E-state index in [4.69, 9.17) is 9.47 Å². The van der Waals surface area contributed by atoms with Gasteiger partial charge in [0.05, 0.1) is 7.11 Å². The highest BCUT2D eigenvalue weighted by atomic mass is 16.6. The molecule has 0 spiro atoms. The Morgan fingerprint density at radius 2 is 2.10 bits per heavy atom. The summed E-state index contributed by atoms with van der Waals surface area (Å²) in [7, 11) is 1.49. The maximum absolute atomic E-state index is 11.4. The normalized spacial score (nSPS) is 11.4. The Labute approximate surface area is 119 Å². The van der Waals surface area contributed by atoms with Crippen molar-refractivity contribution in [3.63, 3.8) is 0 Å². The second-order valence-electron chi connectivity index (χ2n) is 5.18. The van der Waals surface area contributed by atoms with Crippen LogP contribution in [0.2, 0.25) is 0 Å². The van der Waals surface area contributed by atoms with E-state index in [0.29, 0.717) is 17.9 Å². The van der Waals surface area contributed by atoms with Gasteiger partial charge in [-0.15, -0.1) is 0 Å². The molecule has 0 saturated heterocycles. The molecular weight excluding hydrogens is 258 g/mol. The maximum atomic E-state index is 11.4. The first kappa shape index (κ1) is 15.9. The molecule has 0 aliphatic heterocycles. The number of rotatable bonds is 4. The number of benzene rings is 1. The summed E-state index contributed by atoms with van der Waals surface area (Å²) in [5.41, 5.74) is 0.106. The number of carbonyl (C=O) groups is 1. The number of alkyl carbamates (subject to hydrolysis) is 1. The molecule has 5 nitrogen and oxygen atoms in total. The largest absolute Gasteiger partial charge is 0.504 e. The summed E-state index contributed by atoms with van der Waals surface area (Å²) in [4.78, 5) is 11.4. The zero-order valence-electron chi connectivity index (χ0n) is 12.3. The Balaban J connectivity index is 2.52. The van der Waals surface area contributed by atoms with Crippen LogP contribution in [0.25, 0.3) is 6.08 Å². The molecule has 1 amide bonds. The quantitative estimate of drug-likeness (QED) is 0.889. The fourth-order valence-corrected chi connectivity index (χ4v) is 1.48. The highest BCUT2D eigenvalue weighted by Crippen LogP contribution is 2.29. The smallest absolute Gasteiger partial charge is 0.407 e. The minimum Gasteiger partial charge on any atom is -0.504 e. The van der Waals surface area contributed by atoms with Crippen molar-refractivity contribution in [1.29, 1.82) is 0 Å². The van der Waals surface area contributed by atoms with Gasteiger partial charge in [-0.3, -0.25) is 0 Å². The van der Waals surface area contributed by atoms with Gasteiger partial charge in [-0.05, 0) is 26.8 Å². The third kappa shape index (κ3) is 5.22. The van der Waals surface area contributed by atoms with Gasteiger partial charge in [0.15, 0.2) is 11.5 Å². The third-order valence-corrected chi connectivity index (χ3v) is 2.31. The van der Waals surface area contributed by atoms with Crippen LogP contribution in [0, 0.1) is 0 Å². The lowest BCUT2D eigenvalue weighted by atomic mass is 10.1. The highest BCUT2D eigenvalue weighted by molar-refractivity contribution is 5.68. The molecule has 1 rings (SSSR count). The first-order valence-corrected chi connectivity index (χ1v) is 6.33. The molecule has 110 valence electrons. The number of aromatic hydroxyl groups is 1. The average molecular weight is 279 g/mol. The Kier molecular flexibility index (Phi) is 5.43. The molecule has 1 aromatic carbocycles. The van der Waals surface area contributed by atoms with Crippen molar-refractivity contribution in [3.8, 4) is 11.5 Å². The van der Waals surface area contributed by atoms with Crippen molar-refractivity contribution in [2.75, 3.05) is 13.7 Å². The lowest BCUT2D eigenvalue weighted by Crippen LogP contribution is -2.32. The van der Waals surface area contributed by atoms with Crippen LogP contribution in [0.3, 0.4) is 0 Å². The molecule has 0 heterocycles. The van der Waals surface area contributed by atoms with Crippen LogP contribution in [0.1, 0.15) is 26.3 Å². The predicted octanol–water partition coefficient (Wildman–Crippen LogP) is 2.94. The molecule has 0 unspecified atom stereocenters. The molecule has 20 heavy (non-hydrogen) atoms. The summed E-state index contributed by atoms with van der Waals surface area (Å²) < 4.78 is 10.1. The zero-order valence-corrected chi connectivity index (χ0v) is 12.3. The van der Waals surface area contributed by atoms with Crippen LogP contribution in [-0.4, -0.2) is 30.5 Å². The molecule has 0 aliphatic carbocycles. The zero-order chi connectivity index (χ0) is 15.2. The molecule has 1 aromatic rings. The van der Waals surface area contributed by atoms with E-state index in [2.05, 4.69) is 5.32 Å². The van der Waals surface area contributed by atoms with Gasteiger partial charge in [0, 0.05) is 12.1 Å². The first-order chi connectivity index (χ1) is 9.33. The van der Waals surface area contributed by atoms with Gasteiger partial charge >= 0.3 is 6.09 Å². The van der Waals surface area contributed by atoms with E-state index in [0.717, 1.165) is 0 Å². The Bertz CT molecular complexity index is 489. The lowest BCUT2D eigenvalue weighted by Gasteiger charge is -2.19. The van der Waals surface area contributed by atoms with E-state index in [-0.39, 0.29) is 5.75 Å². The summed E-state index contributed by atoms with van der Waals surface area (Å²) in [6, 6.07) is 5.20. The number of hydrogen-bond donors (Lipinski definition) is 2. The number of phenols is 1. The molecule has 0 saturated carbocycles. The van der Waals surface area contributed by atoms with Crippen LogP contribution < -0.4 is 10.1 Å². The van der Waals surface area contributed by atoms with Gasteiger partial charge < -0.3 is 19.9 Å². The van der Waals surface area contributed by atoms with E-state index in [1.54, 1.807) is 51.1 Å². The number of para-hydroxylation sites is 1. The lowest BCUT2D eigenvalue weighted by molar-refractivity contribution is 0.0534. The van der Waals surface area contributed by atoms with E-state index >= 15 is 0 Å². The van der Waals surface area contributed by atoms with Crippen LogP contribution in [0.15, 0.2) is 24.3 Å². The van der Waals surface area contributed by atoms with Crippen LogP contribution >= 0.6 is 0 Å². The average Bonchev–Trinajstić information content (AvgIpc) is 2.34. The molecule has 0 bridgehead atoms. The van der Waals surface area contributed by atoms with E-state index in [9.17, 15) is 9.90 Å². The molecule has 5 heteroatoms. The number of carbonyl (C=O) groups excluding carboxylic acids is 1. The minimum absolute atomic E-state index is 0.0727. The van der Waals surface area contributed by atoms with Gasteiger partial charge in [0.1, 0.15) is 5.60 Å². The number of amides is 1. The number of phenolic OH excluding ortho intramolecular Hbond substituents is 1.